The largest absolute Gasteiger partial charge is 0.305 e. The van der Waals surface area contributed by atoms with Crippen LogP contribution in [0, 0.1) is 5.92 Å². The smallest absolute Gasteiger partial charge is 0.0108 e. The number of nitrogens with zero attached hydrogens (tertiary/aromatic N) is 2. The number of rotatable bonds is 7. The van der Waals surface area contributed by atoms with Gasteiger partial charge in [0.1, 0.15) is 0 Å². The summed E-state index contributed by atoms with van der Waals surface area (Å²) in [5.74, 6) is 2.05. The summed E-state index contributed by atoms with van der Waals surface area (Å²) in [6, 6.07) is 11.4. The Labute approximate surface area is 128 Å². The molecular formula is C17H28N2S. The molecule has 1 aromatic rings. The van der Waals surface area contributed by atoms with Crippen molar-refractivity contribution in [3.8, 4) is 0 Å². The fourth-order valence-corrected chi connectivity index (χ4v) is 3.84. The van der Waals surface area contributed by atoms with E-state index < -0.39 is 0 Å². The predicted octanol–water partition coefficient (Wildman–Crippen LogP) is 3.44. The van der Waals surface area contributed by atoms with Gasteiger partial charge in [-0.3, -0.25) is 0 Å². The topological polar surface area (TPSA) is 6.48 Å². The standard InChI is InChI=1S/C17H28N2S/c1-15(2)19-10-9-16(14-19)13-18(3)11-12-20-17-7-5-4-6-8-17/h4-8,15-16H,9-14H2,1-3H3/t16-/m1/s1. The van der Waals surface area contributed by atoms with E-state index in [2.05, 4.69) is 61.0 Å². The van der Waals surface area contributed by atoms with Gasteiger partial charge in [0.25, 0.3) is 0 Å². The summed E-state index contributed by atoms with van der Waals surface area (Å²) in [5.41, 5.74) is 0. The summed E-state index contributed by atoms with van der Waals surface area (Å²) in [5, 5.41) is 0. The molecule has 1 saturated heterocycles. The van der Waals surface area contributed by atoms with Crippen LogP contribution in [0.5, 0.6) is 0 Å². The molecule has 3 heteroatoms. The first-order valence-electron chi connectivity index (χ1n) is 7.75. The van der Waals surface area contributed by atoms with Crippen molar-refractivity contribution in [2.45, 2.75) is 31.2 Å². The lowest BCUT2D eigenvalue weighted by Gasteiger charge is -2.23. The molecule has 1 aliphatic rings. The number of hydrogen-bond donors (Lipinski definition) is 0. The zero-order valence-electron chi connectivity index (χ0n) is 13.1. The molecule has 1 aliphatic heterocycles. The number of hydrogen-bond acceptors (Lipinski definition) is 3. The Morgan fingerprint density at radius 2 is 2.05 bits per heavy atom. The molecule has 0 spiro atoms. The summed E-state index contributed by atoms with van der Waals surface area (Å²) < 4.78 is 0. The van der Waals surface area contributed by atoms with E-state index in [1.807, 2.05) is 11.8 Å². The minimum atomic E-state index is 0.707. The van der Waals surface area contributed by atoms with Crippen LogP contribution < -0.4 is 0 Å². The lowest BCUT2D eigenvalue weighted by Crippen LogP contribution is -2.32. The lowest BCUT2D eigenvalue weighted by molar-refractivity contribution is 0.243. The van der Waals surface area contributed by atoms with Gasteiger partial charge in [0.15, 0.2) is 0 Å². The molecule has 0 radical (unpaired) electrons. The van der Waals surface area contributed by atoms with Crippen molar-refractivity contribution in [2.75, 3.05) is 39.0 Å². The van der Waals surface area contributed by atoms with Crippen LogP contribution >= 0.6 is 11.8 Å². The lowest BCUT2D eigenvalue weighted by atomic mass is 10.1. The van der Waals surface area contributed by atoms with Crippen LogP contribution in [0.4, 0.5) is 0 Å². The van der Waals surface area contributed by atoms with Gasteiger partial charge >= 0.3 is 0 Å². The SMILES string of the molecule is CC(C)N1CC[C@H](CN(C)CCSc2ccccc2)C1. The molecule has 1 fully saturated rings. The molecule has 0 unspecified atom stereocenters. The van der Waals surface area contributed by atoms with Crippen LogP contribution in [0.1, 0.15) is 20.3 Å². The van der Waals surface area contributed by atoms with Gasteiger partial charge in [0, 0.05) is 36.3 Å². The maximum Gasteiger partial charge on any atom is 0.0108 e. The molecule has 2 rings (SSSR count). The molecule has 2 nitrogen and oxygen atoms in total. The number of thioether (sulfide) groups is 1. The van der Waals surface area contributed by atoms with E-state index in [-0.39, 0.29) is 0 Å². The highest BCUT2D eigenvalue weighted by Crippen LogP contribution is 2.20. The maximum atomic E-state index is 2.61. The molecule has 1 aromatic carbocycles. The Balaban J connectivity index is 1.62. The van der Waals surface area contributed by atoms with Gasteiger partial charge in [-0.2, -0.15) is 0 Å². The molecule has 0 aromatic heterocycles. The molecule has 0 saturated carbocycles. The average molecular weight is 292 g/mol. The first-order chi connectivity index (χ1) is 9.65. The van der Waals surface area contributed by atoms with Crippen LogP contribution in [-0.2, 0) is 0 Å². The number of likely N-dealkylation sites (tertiary alicyclic amines) is 1. The molecular weight excluding hydrogens is 264 g/mol. The van der Waals surface area contributed by atoms with Gasteiger partial charge in [-0.05, 0) is 51.9 Å². The molecule has 1 heterocycles. The van der Waals surface area contributed by atoms with Gasteiger partial charge in [0.2, 0.25) is 0 Å². The third-order valence-corrected chi connectivity index (χ3v) is 5.09. The van der Waals surface area contributed by atoms with E-state index in [0.717, 1.165) is 5.92 Å². The molecule has 0 N–H and O–H groups in total. The minimum Gasteiger partial charge on any atom is -0.305 e. The molecule has 20 heavy (non-hydrogen) atoms. The van der Waals surface area contributed by atoms with E-state index in [9.17, 15) is 0 Å². The second-order valence-corrected chi connectivity index (χ2v) is 7.34. The first-order valence-corrected chi connectivity index (χ1v) is 8.74. The zero-order chi connectivity index (χ0) is 14.4. The second-order valence-electron chi connectivity index (χ2n) is 6.17. The summed E-state index contributed by atoms with van der Waals surface area (Å²) in [4.78, 5) is 6.49. The van der Waals surface area contributed by atoms with E-state index in [1.165, 1.54) is 43.2 Å². The van der Waals surface area contributed by atoms with Crippen molar-refractivity contribution in [1.29, 1.82) is 0 Å². The van der Waals surface area contributed by atoms with Crippen molar-refractivity contribution in [1.82, 2.24) is 9.80 Å². The number of benzene rings is 1. The van der Waals surface area contributed by atoms with Crippen molar-refractivity contribution < 1.29 is 0 Å². The van der Waals surface area contributed by atoms with Crippen LogP contribution in [0.2, 0.25) is 0 Å². The third kappa shape index (κ3) is 5.12. The van der Waals surface area contributed by atoms with E-state index in [4.69, 9.17) is 0 Å². The van der Waals surface area contributed by atoms with Gasteiger partial charge in [-0.15, -0.1) is 11.8 Å². The Morgan fingerprint density at radius 3 is 2.70 bits per heavy atom. The highest BCUT2D eigenvalue weighted by Gasteiger charge is 2.24. The van der Waals surface area contributed by atoms with Crippen molar-refractivity contribution in [3.05, 3.63) is 30.3 Å². The first kappa shape index (κ1) is 15.9. The molecule has 112 valence electrons. The summed E-state index contributed by atoms with van der Waals surface area (Å²) >= 11 is 1.96. The summed E-state index contributed by atoms with van der Waals surface area (Å²) in [6.07, 6.45) is 1.37. The Hall–Kier alpha value is -0.510. The van der Waals surface area contributed by atoms with Gasteiger partial charge in [-0.1, -0.05) is 18.2 Å². The van der Waals surface area contributed by atoms with Crippen LogP contribution in [0.25, 0.3) is 0 Å². The molecule has 0 bridgehead atoms. The van der Waals surface area contributed by atoms with E-state index in [0.29, 0.717) is 6.04 Å². The predicted molar refractivity (Wildman–Crippen MR) is 89.5 cm³/mol. The quantitative estimate of drug-likeness (QED) is 0.711. The summed E-state index contributed by atoms with van der Waals surface area (Å²) in [7, 11) is 2.27. The monoisotopic (exact) mass is 292 g/mol. The fourth-order valence-electron chi connectivity index (χ4n) is 2.85. The Morgan fingerprint density at radius 1 is 1.30 bits per heavy atom. The minimum absolute atomic E-state index is 0.707. The molecule has 0 amide bonds. The van der Waals surface area contributed by atoms with Crippen molar-refractivity contribution >= 4 is 11.8 Å². The highest BCUT2D eigenvalue weighted by molar-refractivity contribution is 7.99. The summed E-state index contributed by atoms with van der Waals surface area (Å²) in [6.45, 7) is 9.62. The zero-order valence-corrected chi connectivity index (χ0v) is 13.9. The van der Waals surface area contributed by atoms with Gasteiger partial charge in [-0.25, -0.2) is 0 Å². The van der Waals surface area contributed by atoms with Crippen molar-refractivity contribution in [3.63, 3.8) is 0 Å². The highest BCUT2D eigenvalue weighted by atomic mass is 32.2. The van der Waals surface area contributed by atoms with E-state index in [1.54, 1.807) is 0 Å². The third-order valence-electron chi connectivity index (χ3n) is 4.10. The Bertz CT molecular complexity index is 380. The van der Waals surface area contributed by atoms with Crippen LogP contribution in [-0.4, -0.2) is 54.8 Å². The van der Waals surface area contributed by atoms with Crippen LogP contribution in [0.15, 0.2) is 35.2 Å². The van der Waals surface area contributed by atoms with E-state index >= 15 is 0 Å². The van der Waals surface area contributed by atoms with Crippen molar-refractivity contribution in [2.24, 2.45) is 5.92 Å². The molecule has 1 atom stereocenters. The van der Waals surface area contributed by atoms with Gasteiger partial charge < -0.3 is 9.80 Å². The van der Waals surface area contributed by atoms with Crippen LogP contribution in [0.3, 0.4) is 0 Å². The molecule has 0 aliphatic carbocycles. The second kappa shape index (κ2) is 8.06. The fraction of sp³-hybridized carbons (Fsp3) is 0.647. The van der Waals surface area contributed by atoms with Gasteiger partial charge in [0.05, 0.1) is 0 Å². The maximum absolute atomic E-state index is 2.61. The Kier molecular flexibility index (Phi) is 6.40. The average Bonchev–Trinajstić information content (AvgIpc) is 2.88. The normalized spacial score (nSPS) is 20.1.